The van der Waals surface area contributed by atoms with Gasteiger partial charge in [-0.25, -0.2) is 8.78 Å². The van der Waals surface area contributed by atoms with Crippen molar-refractivity contribution in [2.75, 3.05) is 18.8 Å². The molecule has 20 heavy (non-hydrogen) atoms. The summed E-state index contributed by atoms with van der Waals surface area (Å²) in [4.78, 5) is 14.0. The minimum absolute atomic E-state index is 0.176. The highest BCUT2D eigenvalue weighted by molar-refractivity contribution is 5.95. The molecule has 0 atom stereocenters. The Balaban J connectivity index is 3.08. The number of anilines is 1. The predicted molar refractivity (Wildman–Crippen MR) is 76.3 cm³/mol. The summed E-state index contributed by atoms with van der Waals surface area (Å²) >= 11 is 0. The van der Waals surface area contributed by atoms with Crippen LogP contribution in [0, 0.1) is 23.5 Å². The van der Waals surface area contributed by atoms with E-state index in [2.05, 4.69) is 0 Å². The van der Waals surface area contributed by atoms with Gasteiger partial charge >= 0.3 is 0 Å². The fraction of sp³-hybridized carbons (Fsp3) is 0.533. The molecule has 0 aromatic heterocycles. The molecule has 1 amide bonds. The molecule has 0 saturated carbocycles. The summed E-state index contributed by atoms with van der Waals surface area (Å²) in [5, 5.41) is 0. The topological polar surface area (TPSA) is 46.3 Å². The van der Waals surface area contributed by atoms with Crippen molar-refractivity contribution in [3.8, 4) is 0 Å². The Bertz CT molecular complexity index is 477. The molecule has 0 heterocycles. The molecule has 1 rings (SSSR count). The van der Waals surface area contributed by atoms with Gasteiger partial charge in [0.15, 0.2) is 0 Å². The first-order valence-electron chi connectivity index (χ1n) is 6.76. The molecule has 0 aliphatic rings. The summed E-state index contributed by atoms with van der Waals surface area (Å²) in [6.45, 7) is 8.97. The molecule has 0 fully saturated rings. The second-order valence-corrected chi connectivity index (χ2v) is 5.85. The maximum atomic E-state index is 13.8. The van der Waals surface area contributed by atoms with Crippen molar-refractivity contribution in [3.63, 3.8) is 0 Å². The molecular weight excluding hydrogens is 262 g/mol. The Labute approximate surface area is 118 Å². The van der Waals surface area contributed by atoms with Crippen molar-refractivity contribution in [1.82, 2.24) is 4.90 Å². The summed E-state index contributed by atoms with van der Waals surface area (Å²) in [7, 11) is 0. The van der Waals surface area contributed by atoms with Gasteiger partial charge in [0, 0.05) is 19.2 Å². The van der Waals surface area contributed by atoms with E-state index in [0.29, 0.717) is 19.2 Å². The van der Waals surface area contributed by atoms with Crippen molar-refractivity contribution < 1.29 is 13.6 Å². The van der Waals surface area contributed by atoms with Gasteiger partial charge in [-0.3, -0.25) is 4.79 Å². The van der Waals surface area contributed by atoms with Gasteiger partial charge in [0.05, 0.1) is 11.3 Å². The lowest BCUT2D eigenvalue weighted by molar-refractivity contribution is 0.0710. The zero-order valence-corrected chi connectivity index (χ0v) is 12.4. The third-order valence-corrected chi connectivity index (χ3v) is 2.78. The smallest absolute Gasteiger partial charge is 0.256 e. The number of carbonyl (C=O) groups excluding carboxylic acids is 1. The molecule has 0 spiro atoms. The number of rotatable bonds is 5. The number of nitrogens with zero attached hydrogens (tertiary/aromatic N) is 1. The predicted octanol–water partition coefficient (Wildman–Crippen LogP) is 3.30. The van der Waals surface area contributed by atoms with E-state index >= 15 is 0 Å². The molecule has 0 saturated heterocycles. The highest BCUT2D eigenvalue weighted by Gasteiger charge is 2.22. The molecule has 3 nitrogen and oxygen atoms in total. The first-order valence-corrected chi connectivity index (χ1v) is 6.76. The summed E-state index contributed by atoms with van der Waals surface area (Å²) in [5.74, 6) is -1.65. The second kappa shape index (κ2) is 6.68. The zero-order valence-electron chi connectivity index (χ0n) is 12.4. The van der Waals surface area contributed by atoms with Crippen LogP contribution in [0.15, 0.2) is 12.1 Å². The van der Waals surface area contributed by atoms with Gasteiger partial charge in [0.25, 0.3) is 5.91 Å². The van der Waals surface area contributed by atoms with Gasteiger partial charge in [-0.2, -0.15) is 0 Å². The molecule has 0 radical (unpaired) electrons. The normalized spacial score (nSPS) is 11.2. The SMILES string of the molecule is CC(C)CN(CC(C)C)C(=O)c1cc(N)c(F)cc1F. The fourth-order valence-corrected chi connectivity index (χ4v) is 2.02. The van der Waals surface area contributed by atoms with Gasteiger partial charge in [0.1, 0.15) is 11.6 Å². The van der Waals surface area contributed by atoms with Crippen LogP contribution in [0.25, 0.3) is 0 Å². The van der Waals surface area contributed by atoms with E-state index in [1.54, 1.807) is 4.90 Å². The number of hydrogen-bond acceptors (Lipinski definition) is 2. The number of nitrogens with two attached hydrogens (primary N) is 1. The van der Waals surface area contributed by atoms with Crippen LogP contribution in [-0.2, 0) is 0 Å². The molecule has 1 aromatic carbocycles. The van der Waals surface area contributed by atoms with Crippen molar-refractivity contribution in [1.29, 1.82) is 0 Å². The highest BCUT2D eigenvalue weighted by Crippen LogP contribution is 2.19. The van der Waals surface area contributed by atoms with Crippen LogP contribution in [0.3, 0.4) is 0 Å². The van der Waals surface area contributed by atoms with E-state index in [4.69, 9.17) is 5.73 Å². The number of carbonyl (C=O) groups is 1. The number of hydrogen-bond donors (Lipinski definition) is 1. The Kier molecular flexibility index (Phi) is 5.48. The number of amides is 1. The molecule has 1 aromatic rings. The molecule has 2 N–H and O–H groups in total. The maximum Gasteiger partial charge on any atom is 0.256 e. The number of halogens is 2. The lowest BCUT2D eigenvalue weighted by atomic mass is 10.1. The van der Waals surface area contributed by atoms with Crippen molar-refractivity contribution >= 4 is 11.6 Å². The zero-order chi connectivity index (χ0) is 15.4. The number of nitrogen functional groups attached to an aromatic ring is 1. The van der Waals surface area contributed by atoms with Crippen molar-refractivity contribution in [3.05, 3.63) is 29.3 Å². The van der Waals surface area contributed by atoms with Crippen LogP contribution in [-0.4, -0.2) is 23.9 Å². The molecule has 0 aliphatic heterocycles. The quantitative estimate of drug-likeness (QED) is 0.843. The third kappa shape index (κ3) is 4.18. The van der Waals surface area contributed by atoms with E-state index in [1.165, 1.54) is 0 Å². The minimum Gasteiger partial charge on any atom is -0.396 e. The van der Waals surface area contributed by atoms with Gasteiger partial charge < -0.3 is 10.6 Å². The Morgan fingerprint density at radius 2 is 1.60 bits per heavy atom. The van der Waals surface area contributed by atoms with Crippen LogP contribution in [0.4, 0.5) is 14.5 Å². The molecule has 0 aliphatic carbocycles. The maximum absolute atomic E-state index is 13.8. The molecule has 0 bridgehead atoms. The van der Waals surface area contributed by atoms with Crippen molar-refractivity contribution in [2.45, 2.75) is 27.7 Å². The van der Waals surface area contributed by atoms with Crippen LogP contribution in [0.2, 0.25) is 0 Å². The fourth-order valence-electron chi connectivity index (χ4n) is 2.02. The summed E-state index contributed by atoms with van der Waals surface area (Å²) < 4.78 is 26.9. The Morgan fingerprint density at radius 1 is 1.10 bits per heavy atom. The highest BCUT2D eigenvalue weighted by atomic mass is 19.1. The average Bonchev–Trinajstić information content (AvgIpc) is 2.31. The number of benzene rings is 1. The first-order chi connectivity index (χ1) is 9.22. The molecule has 0 unspecified atom stereocenters. The van der Waals surface area contributed by atoms with Crippen LogP contribution in [0.1, 0.15) is 38.1 Å². The Morgan fingerprint density at radius 3 is 2.05 bits per heavy atom. The van der Waals surface area contributed by atoms with Crippen LogP contribution < -0.4 is 5.73 Å². The minimum atomic E-state index is -0.876. The summed E-state index contributed by atoms with van der Waals surface area (Å²) in [6, 6.07) is 1.73. The van der Waals surface area contributed by atoms with E-state index < -0.39 is 17.5 Å². The monoisotopic (exact) mass is 284 g/mol. The summed E-state index contributed by atoms with van der Waals surface area (Å²) in [6.07, 6.45) is 0. The average molecular weight is 284 g/mol. The van der Waals surface area contributed by atoms with Crippen LogP contribution >= 0.6 is 0 Å². The molecule has 5 heteroatoms. The Hall–Kier alpha value is -1.65. The first kappa shape index (κ1) is 16.4. The standard InChI is InChI=1S/C15H22F2N2O/c1-9(2)7-19(8-10(3)4)15(20)11-5-14(18)13(17)6-12(11)16/h5-6,9-10H,7-8,18H2,1-4H3. The van der Waals surface area contributed by atoms with E-state index in [1.807, 2.05) is 27.7 Å². The van der Waals surface area contributed by atoms with Gasteiger partial charge in [-0.1, -0.05) is 27.7 Å². The lowest BCUT2D eigenvalue weighted by Crippen LogP contribution is -2.37. The summed E-state index contributed by atoms with van der Waals surface area (Å²) in [5.41, 5.74) is 5.02. The second-order valence-electron chi connectivity index (χ2n) is 5.85. The van der Waals surface area contributed by atoms with Gasteiger partial charge in [0.2, 0.25) is 0 Å². The molecule has 112 valence electrons. The van der Waals surface area contributed by atoms with E-state index in [0.717, 1.165) is 6.07 Å². The third-order valence-electron chi connectivity index (χ3n) is 2.78. The molecular formula is C15H22F2N2O. The lowest BCUT2D eigenvalue weighted by Gasteiger charge is -2.26. The largest absolute Gasteiger partial charge is 0.396 e. The van der Waals surface area contributed by atoms with Crippen LogP contribution in [0.5, 0.6) is 0 Å². The van der Waals surface area contributed by atoms with E-state index in [9.17, 15) is 13.6 Å². The van der Waals surface area contributed by atoms with Crippen molar-refractivity contribution in [2.24, 2.45) is 11.8 Å². The van der Waals surface area contributed by atoms with E-state index in [-0.39, 0.29) is 23.1 Å². The van der Waals surface area contributed by atoms with Gasteiger partial charge in [-0.05, 0) is 17.9 Å². The van der Waals surface area contributed by atoms with Gasteiger partial charge in [-0.15, -0.1) is 0 Å².